The second-order valence-corrected chi connectivity index (χ2v) is 3.53. The summed E-state index contributed by atoms with van der Waals surface area (Å²) in [6.45, 7) is 1.36. The fourth-order valence-electron chi connectivity index (χ4n) is 1.09. The molecule has 0 spiro atoms. The van der Waals surface area contributed by atoms with Crippen LogP contribution >= 0.6 is 11.6 Å². The molecule has 1 atom stereocenters. The molecule has 2 rings (SSSR count). The maximum absolute atomic E-state index is 5.87. The Kier molecular flexibility index (Phi) is 2.79. The Morgan fingerprint density at radius 2 is 2.14 bits per heavy atom. The molecule has 1 aromatic rings. The molecule has 0 bridgehead atoms. The van der Waals surface area contributed by atoms with Gasteiger partial charge in [-0.3, -0.25) is 0 Å². The van der Waals surface area contributed by atoms with Gasteiger partial charge in [-0.05, 0) is 12.1 Å². The molecular formula is C10H11ClO3. The van der Waals surface area contributed by atoms with Gasteiger partial charge in [-0.25, -0.2) is 0 Å². The van der Waals surface area contributed by atoms with E-state index in [9.17, 15) is 0 Å². The molecule has 1 aliphatic rings. The Labute approximate surface area is 87.5 Å². The quantitative estimate of drug-likeness (QED) is 0.720. The SMILES string of the molecule is COc1cc(Cl)cc(OCC2CO2)c1. The van der Waals surface area contributed by atoms with Crippen molar-refractivity contribution >= 4 is 11.6 Å². The normalized spacial score (nSPS) is 19.1. The number of rotatable bonds is 4. The molecule has 1 heterocycles. The predicted octanol–water partition coefficient (Wildman–Crippen LogP) is 2.13. The van der Waals surface area contributed by atoms with Crippen LogP contribution in [0.15, 0.2) is 18.2 Å². The van der Waals surface area contributed by atoms with Crippen LogP contribution in [0.3, 0.4) is 0 Å². The Balaban J connectivity index is 2.03. The molecule has 0 saturated carbocycles. The van der Waals surface area contributed by atoms with Gasteiger partial charge in [0.05, 0.1) is 13.7 Å². The van der Waals surface area contributed by atoms with Gasteiger partial charge in [-0.2, -0.15) is 0 Å². The molecule has 1 unspecified atom stereocenters. The van der Waals surface area contributed by atoms with E-state index in [1.165, 1.54) is 0 Å². The molecule has 1 fully saturated rings. The summed E-state index contributed by atoms with van der Waals surface area (Å²) in [5.41, 5.74) is 0. The van der Waals surface area contributed by atoms with Gasteiger partial charge in [-0.15, -0.1) is 0 Å². The zero-order chi connectivity index (χ0) is 9.97. The number of epoxide rings is 1. The fourth-order valence-corrected chi connectivity index (χ4v) is 1.31. The lowest BCUT2D eigenvalue weighted by Crippen LogP contribution is -2.03. The molecule has 1 aromatic carbocycles. The Morgan fingerprint density at radius 3 is 2.79 bits per heavy atom. The minimum atomic E-state index is 0.250. The van der Waals surface area contributed by atoms with E-state index in [-0.39, 0.29) is 6.10 Å². The maximum Gasteiger partial charge on any atom is 0.124 e. The van der Waals surface area contributed by atoms with E-state index in [1.807, 2.05) is 0 Å². The van der Waals surface area contributed by atoms with E-state index in [2.05, 4.69) is 0 Å². The van der Waals surface area contributed by atoms with Gasteiger partial charge in [-0.1, -0.05) is 11.6 Å². The van der Waals surface area contributed by atoms with Crippen LogP contribution in [0.1, 0.15) is 0 Å². The van der Waals surface area contributed by atoms with E-state index in [4.69, 9.17) is 25.8 Å². The Hall–Kier alpha value is -0.930. The Bertz CT molecular complexity index is 323. The third-order valence-corrected chi connectivity index (χ3v) is 2.14. The van der Waals surface area contributed by atoms with Crippen LogP contribution < -0.4 is 9.47 Å². The molecule has 3 nitrogen and oxygen atoms in total. The number of hydrogen-bond donors (Lipinski definition) is 0. The molecule has 1 aliphatic heterocycles. The van der Waals surface area contributed by atoms with Gasteiger partial charge < -0.3 is 14.2 Å². The van der Waals surface area contributed by atoms with Crippen LogP contribution in [-0.2, 0) is 4.74 Å². The van der Waals surface area contributed by atoms with E-state index in [0.717, 1.165) is 6.61 Å². The first-order valence-corrected chi connectivity index (χ1v) is 4.75. The summed E-state index contributed by atoms with van der Waals surface area (Å²) in [5.74, 6) is 1.41. The summed E-state index contributed by atoms with van der Waals surface area (Å²) in [7, 11) is 1.60. The van der Waals surface area contributed by atoms with E-state index < -0.39 is 0 Å². The zero-order valence-electron chi connectivity index (χ0n) is 7.83. The summed E-state index contributed by atoms with van der Waals surface area (Å²) >= 11 is 5.87. The lowest BCUT2D eigenvalue weighted by Gasteiger charge is -2.06. The summed E-state index contributed by atoms with van der Waals surface area (Å²) in [5, 5.41) is 0.607. The number of methoxy groups -OCH3 is 1. The van der Waals surface area contributed by atoms with Crippen LogP contribution in [0.5, 0.6) is 11.5 Å². The monoisotopic (exact) mass is 214 g/mol. The minimum Gasteiger partial charge on any atom is -0.497 e. The molecule has 1 saturated heterocycles. The average molecular weight is 215 g/mol. The maximum atomic E-state index is 5.87. The zero-order valence-corrected chi connectivity index (χ0v) is 8.58. The van der Waals surface area contributed by atoms with Crippen molar-refractivity contribution in [2.45, 2.75) is 6.10 Å². The van der Waals surface area contributed by atoms with Crippen LogP contribution in [0.25, 0.3) is 0 Å². The highest BCUT2D eigenvalue weighted by atomic mass is 35.5. The topological polar surface area (TPSA) is 31.0 Å². The fraction of sp³-hybridized carbons (Fsp3) is 0.400. The van der Waals surface area contributed by atoms with Crippen molar-refractivity contribution in [1.82, 2.24) is 0 Å². The number of halogens is 1. The molecule has 0 amide bonds. The van der Waals surface area contributed by atoms with Crippen molar-refractivity contribution in [3.63, 3.8) is 0 Å². The standard InChI is InChI=1S/C10H11ClO3/c1-12-8-2-7(11)3-9(4-8)13-5-10-6-14-10/h2-4,10H,5-6H2,1H3. The second kappa shape index (κ2) is 4.07. The van der Waals surface area contributed by atoms with Crippen molar-refractivity contribution in [2.75, 3.05) is 20.3 Å². The van der Waals surface area contributed by atoms with E-state index in [0.29, 0.717) is 23.1 Å². The highest BCUT2D eigenvalue weighted by Gasteiger charge is 2.23. The van der Waals surface area contributed by atoms with Crippen molar-refractivity contribution in [3.8, 4) is 11.5 Å². The highest BCUT2D eigenvalue weighted by molar-refractivity contribution is 6.30. The van der Waals surface area contributed by atoms with Gasteiger partial charge >= 0.3 is 0 Å². The summed E-state index contributed by atoms with van der Waals surface area (Å²) < 4.78 is 15.6. The number of hydrogen-bond acceptors (Lipinski definition) is 3. The van der Waals surface area contributed by atoms with Crippen LogP contribution in [0.4, 0.5) is 0 Å². The van der Waals surface area contributed by atoms with Gasteiger partial charge in [0, 0.05) is 11.1 Å². The summed E-state index contributed by atoms with van der Waals surface area (Å²) in [6.07, 6.45) is 0.250. The molecule has 0 aliphatic carbocycles. The second-order valence-electron chi connectivity index (χ2n) is 3.09. The number of benzene rings is 1. The predicted molar refractivity (Wildman–Crippen MR) is 53.2 cm³/mol. The third-order valence-electron chi connectivity index (χ3n) is 1.92. The van der Waals surface area contributed by atoms with Crippen molar-refractivity contribution < 1.29 is 14.2 Å². The summed E-state index contributed by atoms with van der Waals surface area (Å²) in [4.78, 5) is 0. The van der Waals surface area contributed by atoms with Crippen molar-refractivity contribution in [3.05, 3.63) is 23.2 Å². The smallest absolute Gasteiger partial charge is 0.124 e. The number of ether oxygens (including phenoxy) is 3. The van der Waals surface area contributed by atoms with E-state index in [1.54, 1.807) is 25.3 Å². The molecule has 14 heavy (non-hydrogen) atoms. The minimum absolute atomic E-state index is 0.250. The molecule has 0 radical (unpaired) electrons. The van der Waals surface area contributed by atoms with Crippen LogP contribution in [0, 0.1) is 0 Å². The molecule has 0 N–H and O–H groups in total. The van der Waals surface area contributed by atoms with E-state index >= 15 is 0 Å². The first-order valence-electron chi connectivity index (χ1n) is 4.37. The molecule has 0 aromatic heterocycles. The van der Waals surface area contributed by atoms with Crippen molar-refractivity contribution in [1.29, 1.82) is 0 Å². The first kappa shape index (κ1) is 9.62. The van der Waals surface area contributed by atoms with Crippen LogP contribution in [0.2, 0.25) is 5.02 Å². The van der Waals surface area contributed by atoms with Crippen LogP contribution in [-0.4, -0.2) is 26.4 Å². The highest BCUT2D eigenvalue weighted by Crippen LogP contribution is 2.26. The molecular weight excluding hydrogens is 204 g/mol. The third kappa shape index (κ3) is 2.53. The summed E-state index contributed by atoms with van der Waals surface area (Å²) in [6, 6.07) is 5.29. The molecule has 76 valence electrons. The van der Waals surface area contributed by atoms with Crippen molar-refractivity contribution in [2.24, 2.45) is 0 Å². The lowest BCUT2D eigenvalue weighted by atomic mass is 10.3. The Morgan fingerprint density at radius 1 is 1.43 bits per heavy atom. The lowest BCUT2D eigenvalue weighted by molar-refractivity contribution is 0.262. The largest absolute Gasteiger partial charge is 0.497 e. The van der Waals surface area contributed by atoms with Gasteiger partial charge in [0.15, 0.2) is 0 Å². The first-order chi connectivity index (χ1) is 6.78. The van der Waals surface area contributed by atoms with Gasteiger partial charge in [0.1, 0.15) is 24.2 Å². The van der Waals surface area contributed by atoms with Gasteiger partial charge in [0.25, 0.3) is 0 Å². The molecule has 4 heteroatoms. The average Bonchev–Trinajstić information content (AvgIpc) is 2.97. The van der Waals surface area contributed by atoms with Gasteiger partial charge in [0.2, 0.25) is 0 Å².